The van der Waals surface area contributed by atoms with Crippen molar-refractivity contribution in [2.45, 2.75) is 32.0 Å². The van der Waals surface area contributed by atoms with Gasteiger partial charge in [0.2, 0.25) is 5.79 Å². The van der Waals surface area contributed by atoms with Crippen LogP contribution in [-0.2, 0) is 23.8 Å². The highest BCUT2D eigenvalue weighted by atomic mass is 32.2. The van der Waals surface area contributed by atoms with Crippen molar-refractivity contribution in [1.29, 1.82) is 0 Å². The summed E-state index contributed by atoms with van der Waals surface area (Å²) in [5, 5.41) is 0. The van der Waals surface area contributed by atoms with Crippen LogP contribution in [0.5, 0.6) is 0 Å². The van der Waals surface area contributed by atoms with Gasteiger partial charge >= 0.3 is 5.97 Å². The molecule has 0 amide bonds. The molecule has 13 heavy (non-hydrogen) atoms. The van der Waals surface area contributed by atoms with Crippen LogP contribution in [0.1, 0.15) is 26.2 Å². The Kier molecular flexibility index (Phi) is 2.63. The fraction of sp³-hybridized carbons (Fsp3) is 0.857. The Hall–Kier alpha value is -0.620. The quantitative estimate of drug-likeness (QED) is 0.380. The van der Waals surface area contributed by atoms with Crippen LogP contribution in [0.2, 0.25) is 0 Å². The molecule has 76 valence electrons. The van der Waals surface area contributed by atoms with Crippen LogP contribution in [0, 0.1) is 0 Å². The molecule has 0 aromatic heterocycles. The monoisotopic (exact) mass is 208 g/mol. The van der Waals surface area contributed by atoms with Gasteiger partial charge in [-0.2, -0.15) is 8.42 Å². The van der Waals surface area contributed by atoms with Gasteiger partial charge in [-0.3, -0.25) is 4.79 Å². The van der Waals surface area contributed by atoms with Crippen LogP contribution in [0.25, 0.3) is 0 Å². The molecule has 0 aliphatic heterocycles. The van der Waals surface area contributed by atoms with E-state index in [4.69, 9.17) is 4.74 Å². The molecule has 5 nitrogen and oxygen atoms in total. The molecule has 0 aromatic rings. The molecule has 0 radical (unpaired) electrons. The molecule has 1 rings (SSSR count). The molecule has 0 bridgehead atoms. The summed E-state index contributed by atoms with van der Waals surface area (Å²) in [7, 11) is -3.55. The molecule has 1 aliphatic carbocycles. The maximum atomic E-state index is 10.9. The molecule has 0 N–H and O–H groups in total. The minimum Gasteiger partial charge on any atom is -0.432 e. The molecular weight excluding hydrogens is 196 g/mol. The van der Waals surface area contributed by atoms with E-state index in [1.165, 1.54) is 0 Å². The smallest absolute Gasteiger partial charge is 0.308 e. The maximum absolute atomic E-state index is 10.9. The predicted molar refractivity (Wildman–Crippen MR) is 44.3 cm³/mol. The van der Waals surface area contributed by atoms with Crippen LogP contribution in [0.3, 0.4) is 0 Å². The molecule has 1 aliphatic rings. The number of hydrogen-bond donors (Lipinski definition) is 0. The fourth-order valence-corrected chi connectivity index (χ4v) is 1.61. The van der Waals surface area contributed by atoms with Gasteiger partial charge in [-0.15, -0.1) is 0 Å². The summed E-state index contributed by atoms with van der Waals surface area (Å²) in [5.41, 5.74) is 0. The van der Waals surface area contributed by atoms with Crippen molar-refractivity contribution in [3.63, 3.8) is 0 Å². The van der Waals surface area contributed by atoms with Gasteiger partial charge in [0.25, 0.3) is 10.1 Å². The lowest BCUT2D eigenvalue weighted by Gasteiger charge is -2.14. The normalized spacial score (nSPS) is 19.5. The van der Waals surface area contributed by atoms with E-state index in [0.717, 1.165) is 6.26 Å². The topological polar surface area (TPSA) is 69.7 Å². The molecule has 0 spiro atoms. The zero-order valence-corrected chi connectivity index (χ0v) is 8.39. The Bertz CT molecular complexity index is 301. The van der Waals surface area contributed by atoms with E-state index in [-0.39, 0.29) is 6.42 Å². The maximum Gasteiger partial charge on any atom is 0.308 e. The summed E-state index contributed by atoms with van der Waals surface area (Å²) in [5.74, 6) is -1.62. The van der Waals surface area contributed by atoms with E-state index in [1.54, 1.807) is 6.92 Å². The fourth-order valence-electron chi connectivity index (χ4n) is 0.860. The van der Waals surface area contributed by atoms with E-state index in [0.29, 0.717) is 12.8 Å². The van der Waals surface area contributed by atoms with Crippen LogP contribution < -0.4 is 0 Å². The summed E-state index contributed by atoms with van der Waals surface area (Å²) in [6.07, 6.45) is 2.05. The number of carbonyl (C=O) groups is 1. The highest BCUT2D eigenvalue weighted by molar-refractivity contribution is 7.86. The number of ether oxygens (including phenoxy) is 1. The van der Waals surface area contributed by atoms with Crippen molar-refractivity contribution < 1.29 is 22.1 Å². The Morgan fingerprint density at radius 3 is 2.31 bits per heavy atom. The Labute approximate surface area is 77.1 Å². The van der Waals surface area contributed by atoms with Gasteiger partial charge in [0.05, 0.1) is 6.26 Å². The van der Waals surface area contributed by atoms with Crippen LogP contribution in [-0.4, -0.2) is 26.4 Å². The predicted octanol–water partition coefficient (Wildman–Crippen LogP) is 0.406. The standard InChI is InChI=1S/C7H12O5S/c1-3-6(8)11-7(4-5-7)12-13(2,9)10/h3-5H2,1-2H3. The van der Waals surface area contributed by atoms with Gasteiger partial charge < -0.3 is 4.74 Å². The third-order valence-electron chi connectivity index (χ3n) is 1.55. The molecule has 1 saturated carbocycles. The second-order valence-electron chi connectivity index (χ2n) is 3.03. The minimum atomic E-state index is -3.55. The molecule has 0 aromatic carbocycles. The van der Waals surface area contributed by atoms with Crippen molar-refractivity contribution in [2.75, 3.05) is 6.26 Å². The Morgan fingerprint density at radius 1 is 1.46 bits per heavy atom. The first-order valence-electron chi connectivity index (χ1n) is 3.99. The van der Waals surface area contributed by atoms with Gasteiger partial charge in [-0.25, -0.2) is 4.18 Å². The zero-order valence-electron chi connectivity index (χ0n) is 7.57. The molecule has 1 fully saturated rings. The van der Waals surface area contributed by atoms with Gasteiger partial charge in [-0.05, 0) is 0 Å². The van der Waals surface area contributed by atoms with E-state index in [2.05, 4.69) is 4.18 Å². The van der Waals surface area contributed by atoms with Crippen LogP contribution in [0.4, 0.5) is 0 Å². The average molecular weight is 208 g/mol. The van der Waals surface area contributed by atoms with E-state index in [1.807, 2.05) is 0 Å². The van der Waals surface area contributed by atoms with Crippen molar-refractivity contribution >= 4 is 16.1 Å². The van der Waals surface area contributed by atoms with Gasteiger partial charge in [0.15, 0.2) is 0 Å². The Balaban J connectivity index is 2.53. The largest absolute Gasteiger partial charge is 0.432 e. The third-order valence-corrected chi connectivity index (χ3v) is 2.16. The van der Waals surface area contributed by atoms with Crippen LogP contribution in [0.15, 0.2) is 0 Å². The Morgan fingerprint density at radius 2 is 2.00 bits per heavy atom. The highest BCUT2D eigenvalue weighted by Crippen LogP contribution is 2.42. The summed E-state index contributed by atoms with van der Waals surface area (Å²) in [4.78, 5) is 10.9. The number of hydrogen-bond acceptors (Lipinski definition) is 5. The zero-order chi connectivity index (χ0) is 10.1. The van der Waals surface area contributed by atoms with Crippen molar-refractivity contribution in [3.8, 4) is 0 Å². The van der Waals surface area contributed by atoms with Gasteiger partial charge in [0, 0.05) is 19.3 Å². The van der Waals surface area contributed by atoms with Crippen molar-refractivity contribution in [2.24, 2.45) is 0 Å². The summed E-state index contributed by atoms with van der Waals surface area (Å²) >= 11 is 0. The molecule has 0 saturated heterocycles. The molecule has 6 heteroatoms. The second-order valence-corrected chi connectivity index (χ2v) is 4.60. The summed E-state index contributed by atoms with van der Waals surface area (Å²) in [6, 6.07) is 0. The molecule has 0 atom stereocenters. The van der Waals surface area contributed by atoms with Gasteiger partial charge in [0.1, 0.15) is 0 Å². The summed E-state index contributed by atoms with van der Waals surface area (Å²) < 4.78 is 31.0. The minimum absolute atomic E-state index is 0.217. The van der Waals surface area contributed by atoms with Crippen molar-refractivity contribution in [3.05, 3.63) is 0 Å². The van der Waals surface area contributed by atoms with Gasteiger partial charge in [-0.1, -0.05) is 6.92 Å². The first-order chi connectivity index (χ1) is 5.87. The first-order valence-corrected chi connectivity index (χ1v) is 5.81. The highest BCUT2D eigenvalue weighted by Gasteiger charge is 2.51. The lowest BCUT2D eigenvalue weighted by molar-refractivity contribution is -0.168. The van der Waals surface area contributed by atoms with Crippen LogP contribution >= 0.6 is 0 Å². The van der Waals surface area contributed by atoms with E-state index >= 15 is 0 Å². The molecule has 0 unspecified atom stereocenters. The molecule has 0 heterocycles. The number of rotatable bonds is 4. The number of carbonyl (C=O) groups excluding carboxylic acids is 1. The average Bonchev–Trinajstić information content (AvgIpc) is 2.65. The van der Waals surface area contributed by atoms with E-state index < -0.39 is 21.9 Å². The first kappa shape index (κ1) is 10.5. The SMILES string of the molecule is CCC(=O)OC1(OS(C)(=O)=O)CC1. The second kappa shape index (κ2) is 3.26. The lowest BCUT2D eigenvalue weighted by atomic mass is 10.5. The number of esters is 1. The van der Waals surface area contributed by atoms with Crippen molar-refractivity contribution in [1.82, 2.24) is 0 Å². The van der Waals surface area contributed by atoms with E-state index in [9.17, 15) is 13.2 Å². The molecular formula is C7H12O5S. The lowest BCUT2D eigenvalue weighted by Crippen LogP contribution is -2.25. The third kappa shape index (κ3) is 3.31. The summed E-state index contributed by atoms with van der Waals surface area (Å²) in [6.45, 7) is 1.64.